The Bertz CT molecular complexity index is 369. The Morgan fingerprint density at radius 3 is 3.07 bits per heavy atom. The minimum Gasteiger partial charge on any atom is -0.319 e. The molecule has 2 heteroatoms. The molecule has 0 amide bonds. The van der Waals surface area contributed by atoms with E-state index >= 15 is 0 Å². The highest BCUT2D eigenvalue weighted by Gasteiger charge is 2.51. The molecule has 3 rings (SSSR count). The predicted molar refractivity (Wildman–Crippen MR) is 60.9 cm³/mol. The zero-order chi connectivity index (χ0) is 10.3. The first-order valence-corrected chi connectivity index (χ1v) is 5.94. The van der Waals surface area contributed by atoms with Crippen LogP contribution in [0.15, 0.2) is 18.3 Å². The smallest absolute Gasteiger partial charge is 0.0484 e. The zero-order valence-electron chi connectivity index (χ0n) is 9.29. The van der Waals surface area contributed by atoms with Crippen LogP contribution < -0.4 is 5.32 Å². The van der Waals surface area contributed by atoms with E-state index in [0.717, 1.165) is 6.54 Å². The molecule has 2 aliphatic rings. The van der Waals surface area contributed by atoms with Crippen molar-refractivity contribution >= 4 is 0 Å². The second-order valence-electron chi connectivity index (χ2n) is 5.02. The standard InChI is InChI=1S/C13H18N2/c1-14-9-11-12-10(3-2-8-15-12)4-5-13(11)6-7-13/h2-3,8,11,14H,4-7,9H2,1H3. The minimum atomic E-state index is 0.615. The van der Waals surface area contributed by atoms with Crippen molar-refractivity contribution in [1.82, 2.24) is 10.3 Å². The number of nitrogens with one attached hydrogen (secondary N) is 1. The molecule has 1 atom stereocenters. The molecule has 0 aliphatic heterocycles. The van der Waals surface area contributed by atoms with Gasteiger partial charge >= 0.3 is 0 Å². The third-order valence-electron chi connectivity index (χ3n) is 4.19. The Kier molecular flexibility index (Phi) is 2.06. The molecule has 1 fully saturated rings. The molecule has 1 saturated carbocycles. The van der Waals surface area contributed by atoms with E-state index < -0.39 is 0 Å². The summed E-state index contributed by atoms with van der Waals surface area (Å²) in [6, 6.07) is 4.32. The number of likely N-dealkylation sites (N-methyl/N-ethyl adjacent to an activating group) is 1. The largest absolute Gasteiger partial charge is 0.319 e. The molecule has 1 heterocycles. The summed E-state index contributed by atoms with van der Waals surface area (Å²) in [6.07, 6.45) is 7.38. The van der Waals surface area contributed by atoms with E-state index in [1.165, 1.54) is 36.9 Å². The van der Waals surface area contributed by atoms with Crippen LogP contribution in [0.4, 0.5) is 0 Å². The van der Waals surface area contributed by atoms with Crippen LogP contribution in [-0.2, 0) is 6.42 Å². The Labute approximate surface area is 91.1 Å². The van der Waals surface area contributed by atoms with Crippen LogP contribution in [0.3, 0.4) is 0 Å². The summed E-state index contributed by atoms with van der Waals surface area (Å²) in [6.45, 7) is 1.09. The second-order valence-corrected chi connectivity index (χ2v) is 5.02. The lowest BCUT2D eigenvalue weighted by Gasteiger charge is -2.32. The van der Waals surface area contributed by atoms with Crippen LogP contribution in [-0.4, -0.2) is 18.6 Å². The average Bonchev–Trinajstić information content (AvgIpc) is 3.04. The molecular formula is C13H18N2. The van der Waals surface area contributed by atoms with Crippen LogP contribution in [0.1, 0.15) is 36.4 Å². The van der Waals surface area contributed by atoms with Crippen molar-refractivity contribution in [2.75, 3.05) is 13.6 Å². The maximum absolute atomic E-state index is 4.61. The maximum atomic E-state index is 4.61. The number of nitrogens with zero attached hydrogens (tertiary/aromatic N) is 1. The van der Waals surface area contributed by atoms with Gasteiger partial charge in [-0.25, -0.2) is 0 Å². The molecule has 2 nitrogen and oxygen atoms in total. The molecule has 80 valence electrons. The number of rotatable bonds is 2. The summed E-state index contributed by atoms with van der Waals surface area (Å²) >= 11 is 0. The molecular weight excluding hydrogens is 184 g/mol. The highest BCUT2D eigenvalue weighted by molar-refractivity contribution is 5.31. The number of fused-ring (bicyclic) bond motifs is 1. The van der Waals surface area contributed by atoms with E-state index in [-0.39, 0.29) is 0 Å². The summed E-state index contributed by atoms with van der Waals surface area (Å²) in [5.74, 6) is 0.660. The van der Waals surface area contributed by atoms with Gasteiger partial charge in [-0.05, 0) is 49.8 Å². The van der Waals surface area contributed by atoms with E-state index in [0.29, 0.717) is 11.3 Å². The fourth-order valence-corrected chi connectivity index (χ4v) is 3.10. The highest BCUT2D eigenvalue weighted by Crippen LogP contribution is 2.61. The molecule has 0 radical (unpaired) electrons. The second kappa shape index (κ2) is 3.31. The van der Waals surface area contributed by atoms with Gasteiger partial charge in [0, 0.05) is 24.4 Å². The number of hydrogen-bond acceptors (Lipinski definition) is 2. The summed E-state index contributed by atoms with van der Waals surface area (Å²) < 4.78 is 0. The van der Waals surface area contributed by atoms with Crippen molar-refractivity contribution in [3.8, 4) is 0 Å². The minimum absolute atomic E-state index is 0.615. The van der Waals surface area contributed by atoms with Gasteiger partial charge in [-0.3, -0.25) is 4.98 Å². The average molecular weight is 202 g/mol. The van der Waals surface area contributed by atoms with Crippen molar-refractivity contribution in [2.24, 2.45) is 5.41 Å². The van der Waals surface area contributed by atoms with E-state index in [4.69, 9.17) is 0 Å². The molecule has 15 heavy (non-hydrogen) atoms. The van der Waals surface area contributed by atoms with Crippen LogP contribution in [0.5, 0.6) is 0 Å². The van der Waals surface area contributed by atoms with Gasteiger partial charge in [-0.1, -0.05) is 6.07 Å². The van der Waals surface area contributed by atoms with E-state index in [9.17, 15) is 0 Å². The molecule has 1 N–H and O–H groups in total. The predicted octanol–water partition coefficient (Wildman–Crippen LogP) is 2.11. The normalized spacial score (nSPS) is 26.3. The Hall–Kier alpha value is -0.890. The first kappa shape index (κ1) is 9.34. The van der Waals surface area contributed by atoms with Gasteiger partial charge in [0.2, 0.25) is 0 Å². The SMILES string of the molecule is CNCC1c2ncccc2CCC12CC2. The maximum Gasteiger partial charge on any atom is 0.0484 e. The van der Waals surface area contributed by atoms with Gasteiger partial charge in [0.05, 0.1) is 0 Å². The van der Waals surface area contributed by atoms with Crippen molar-refractivity contribution in [3.05, 3.63) is 29.6 Å². The lowest BCUT2D eigenvalue weighted by atomic mass is 9.75. The van der Waals surface area contributed by atoms with E-state index in [1.54, 1.807) is 0 Å². The Morgan fingerprint density at radius 2 is 2.33 bits per heavy atom. The molecule has 1 aromatic heterocycles. The fraction of sp³-hybridized carbons (Fsp3) is 0.615. The van der Waals surface area contributed by atoms with Crippen molar-refractivity contribution in [2.45, 2.75) is 31.6 Å². The van der Waals surface area contributed by atoms with Crippen LogP contribution >= 0.6 is 0 Å². The topological polar surface area (TPSA) is 24.9 Å². The summed E-state index contributed by atoms with van der Waals surface area (Å²) in [5.41, 5.74) is 3.47. The van der Waals surface area contributed by atoms with E-state index in [2.05, 4.69) is 22.4 Å². The lowest BCUT2D eigenvalue weighted by Crippen LogP contribution is -2.30. The van der Waals surface area contributed by atoms with Crippen molar-refractivity contribution in [1.29, 1.82) is 0 Å². The van der Waals surface area contributed by atoms with Crippen LogP contribution in [0.25, 0.3) is 0 Å². The number of aromatic nitrogens is 1. The molecule has 0 bridgehead atoms. The molecule has 0 aromatic carbocycles. The molecule has 1 aromatic rings. The molecule has 1 spiro atoms. The fourth-order valence-electron chi connectivity index (χ4n) is 3.10. The van der Waals surface area contributed by atoms with Crippen LogP contribution in [0, 0.1) is 5.41 Å². The lowest BCUT2D eigenvalue weighted by molar-refractivity contribution is 0.332. The van der Waals surface area contributed by atoms with Gasteiger partial charge < -0.3 is 5.32 Å². The number of pyridine rings is 1. The zero-order valence-corrected chi connectivity index (χ0v) is 9.29. The summed E-state index contributed by atoms with van der Waals surface area (Å²) in [5, 5.41) is 3.33. The first-order chi connectivity index (χ1) is 7.36. The van der Waals surface area contributed by atoms with Gasteiger partial charge in [-0.2, -0.15) is 0 Å². The third kappa shape index (κ3) is 1.39. The van der Waals surface area contributed by atoms with Gasteiger partial charge in [0.1, 0.15) is 0 Å². The highest BCUT2D eigenvalue weighted by atomic mass is 14.9. The van der Waals surface area contributed by atoms with Crippen molar-refractivity contribution in [3.63, 3.8) is 0 Å². The summed E-state index contributed by atoms with van der Waals surface area (Å²) in [4.78, 5) is 4.61. The van der Waals surface area contributed by atoms with Crippen molar-refractivity contribution < 1.29 is 0 Å². The number of aryl methyl sites for hydroxylation is 1. The van der Waals surface area contributed by atoms with Gasteiger partial charge in [-0.15, -0.1) is 0 Å². The Balaban J connectivity index is 2.00. The monoisotopic (exact) mass is 202 g/mol. The summed E-state index contributed by atoms with van der Waals surface area (Å²) in [7, 11) is 2.05. The van der Waals surface area contributed by atoms with E-state index in [1.807, 2.05) is 13.2 Å². The Morgan fingerprint density at radius 1 is 1.47 bits per heavy atom. The quantitative estimate of drug-likeness (QED) is 0.794. The molecule has 1 unspecified atom stereocenters. The first-order valence-electron chi connectivity index (χ1n) is 5.94. The third-order valence-corrected chi connectivity index (χ3v) is 4.19. The van der Waals surface area contributed by atoms with Crippen LogP contribution in [0.2, 0.25) is 0 Å². The number of hydrogen-bond donors (Lipinski definition) is 1. The van der Waals surface area contributed by atoms with Gasteiger partial charge in [0.15, 0.2) is 0 Å². The molecule has 0 saturated heterocycles. The van der Waals surface area contributed by atoms with Gasteiger partial charge in [0.25, 0.3) is 0 Å². The molecule has 2 aliphatic carbocycles.